The maximum absolute atomic E-state index is 12.3. The molecule has 0 N–H and O–H groups in total. The molecule has 2 aliphatic rings. The van der Waals surface area contributed by atoms with Gasteiger partial charge in [0.1, 0.15) is 0 Å². The summed E-state index contributed by atoms with van der Waals surface area (Å²) in [6.07, 6.45) is 0.739. The van der Waals surface area contributed by atoms with E-state index in [0.717, 1.165) is 6.42 Å². The molecule has 2 aliphatic heterocycles. The van der Waals surface area contributed by atoms with Crippen molar-refractivity contribution in [2.45, 2.75) is 6.42 Å². The minimum atomic E-state index is -1.000. The van der Waals surface area contributed by atoms with E-state index in [-0.39, 0.29) is 5.56 Å². The number of benzene rings is 1. The zero-order valence-corrected chi connectivity index (χ0v) is 12.4. The van der Waals surface area contributed by atoms with Gasteiger partial charge in [0.05, 0.1) is 19.8 Å². The number of likely N-dealkylation sites (N-methyl/N-ethyl adjacent to an activating group) is 1. The van der Waals surface area contributed by atoms with Gasteiger partial charge < -0.3 is 9.47 Å². The lowest BCUT2D eigenvalue weighted by Crippen LogP contribution is -2.36. The van der Waals surface area contributed by atoms with E-state index in [1.54, 1.807) is 6.07 Å². The molecule has 0 aliphatic carbocycles. The molecule has 8 heteroatoms. The summed E-state index contributed by atoms with van der Waals surface area (Å²) >= 11 is 0. The van der Waals surface area contributed by atoms with Crippen LogP contribution in [0.25, 0.3) is 0 Å². The van der Waals surface area contributed by atoms with Gasteiger partial charge in [-0.2, -0.15) is 0 Å². The Labute approximate surface area is 131 Å². The Morgan fingerprint density at radius 2 is 1.78 bits per heavy atom. The van der Waals surface area contributed by atoms with E-state index in [2.05, 4.69) is 0 Å². The standard InChI is InChI=1S/C15H14N2O6/c1-16-13(19)14(20)17(15(16)21)8-10(18)9-3-4-11-12(7-9)23-6-2-5-22-11/h3-4,7H,2,5-6,8H2,1H3. The molecule has 0 aromatic heterocycles. The molecule has 3 rings (SSSR count). The Morgan fingerprint density at radius 1 is 1.09 bits per heavy atom. The monoisotopic (exact) mass is 318 g/mol. The van der Waals surface area contributed by atoms with E-state index < -0.39 is 30.2 Å². The van der Waals surface area contributed by atoms with Crippen LogP contribution < -0.4 is 9.47 Å². The lowest BCUT2D eigenvalue weighted by Gasteiger charge is -2.13. The average Bonchev–Trinajstić information content (AvgIpc) is 2.75. The third-order valence-electron chi connectivity index (χ3n) is 3.62. The molecule has 120 valence electrons. The minimum absolute atomic E-state index is 0.275. The fourth-order valence-electron chi connectivity index (χ4n) is 2.32. The molecule has 4 amide bonds. The van der Waals surface area contributed by atoms with E-state index >= 15 is 0 Å². The summed E-state index contributed by atoms with van der Waals surface area (Å²) in [5.41, 5.74) is 0.275. The van der Waals surface area contributed by atoms with Crippen LogP contribution in [0.2, 0.25) is 0 Å². The largest absolute Gasteiger partial charge is 0.490 e. The molecule has 0 saturated carbocycles. The van der Waals surface area contributed by atoms with Crippen LogP contribution in [0.5, 0.6) is 11.5 Å². The lowest BCUT2D eigenvalue weighted by molar-refractivity contribution is -0.142. The predicted molar refractivity (Wildman–Crippen MR) is 76.3 cm³/mol. The zero-order chi connectivity index (χ0) is 16.6. The SMILES string of the molecule is CN1C(=O)C(=O)N(CC(=O)c2ccc3c(c2)OCCCO3)C1=O. The summed E-state index contributed by atoms with van der Waals surface area (Å²) in [7, 11) is 1.20. The van der Waals surface area contributed by atoms with Crippen LogP contribution in [0.3, 0.4) is 0 Å². The van der Waals surface area contributed by atoms with Crippen LogP contribution in [0.15, 0.2) is 18.2 Å². The van der Waals surface area contributed by atoms with Crippen molar-refractivity contribution >= 4 is 23.6 Å². The van der Waals surface area contributed by atoms with Gasteiger partial charge in [0.2, 0.25) is 0 Å². The van der Waals surface area contributed by atoms with Crippen molar-refractivity contribution in [3.05, 3.63) is 23.8 Å². The topological polar surface area (TPSA) is 93.2 Å². The summed E-state index contributed by atoms with van der Waals surface area (Å²) in [4.78, 5) is 48.5. The number of ether oxygens (including phenoxy) is 2. The number of hydrogen-bond donors (Lipinski definition) is 0. The molecule has 8 nitrogen and oxygen atoms in total. The van der Waals surface area contributed by atoms with Crippen LogP contribution in [-0.2, 0) is 9.59 Å². The summed E-state index contributed by atoms with van der Waals surface area (Å²) in [5, 5.41) is 0. The van der Waals surface area contributed by atoms with Gasteiger partial charge in [-0.25, -0.2) is 9.69 Å². The summed E-state index contributed by atoms with van der Waals surface area (Å²) in [6, 6.07) is 3.85. The number of nitrogens with zero attached hydrogens (tertiary/aromatic N) is 2. The van der Waals surface area contributed by atoms with Crippen LogP contribution in [0, 0.1) is 0 Å². The molecule has 2 heterocycles. The zero-order valence-electron chi connectivity index (χ0n) is 12.4. The average molecular weight is 318 g/mol. The molecule has 1 aromatic rings. The first-order chi connectivity index (χ1) is 11.0. The third-order valence-corrected chi connectivity index (χ3v) is 3.62. The number of ketones is 1. The fraction of sp³-hybridized carbons (Fsp3) is 0.333. The van der Waals surface area contributed by atoms with Gasteiger partial charge in [-0.05, 0) is 18.2 Å². The van der Waals surface area contributed by atoms with Crippen LogP contribution in [0.1, 0.15) is 16.8 Å². The van der Waals surface area contributed by atoms with E-state index in [4.69, 9.17) is 9.47 Å². The van der Waals surface area contributed by atoms with Gasteiger partial charge in [-0.1, -0.05) is 0 Å². The second-order valence-electron chi connectivity index (χ2n) is 5.17. The Morgan fingerprint density at radius 3 is 2.43 bits per heavy atom. The van der Waals surface area contributed by atoms with E-state index in [0.29, 0.717) is 34.5 Å². The molecule has 23 heavy (non-hydrogen) atoms. The Bertz CT molecular complexity index is 714. The number of Topliss-reactive ketones (excluding diaryl/α,β-unsaturated/α-hetero) is 1. The number of imide groups is 2. The molecule has 0 unspecified atom stereocenters. The summed E-state index contributed by atoms with van der Waals surface area (Å²) < 4.78 is 11.0. The van der Waals surface area contributed by atoms with E-state index in [1.807, 2.05) is 0 Å². The van der Waals surface area contributed by atoms with Gasteiger partial charge in [-0.15, -0.1) is 0 Å². The van der Waals surface area contributed by atoms with Gasteiger partial charge in [-0.3, -0.25) is 19.3 Å². The van der Waals surface area contributed by atoms with Gasteiger partial charge >= 0.3 is 17.8 Å². The highest BCUT2D eigenvalue weighted by molar-refractivity contribution is 6.45. The van der Waals surface area contributed by atoms with Crippen LogP contribution in [-0.4, -0.2) is 60.2 Å². The molecule has 1 saturated heterocycles. The maximum atomic E-state index is 12.3. The highest BCUT2D eigenvalue weighted by Crippen LogP contribution is 2.30. The van der Waals surface area contributed by atoms with Gasteiger partial charge in [0.15, 0.2) is 17.3 Å². The first-order valence-electron chi connectivity index (χ1n) is 7.05. The van der Waals surface area contributed by atoms with Crippen molar-refractivity contribution in [1.82, 2.24) is 9.80 Å². The number of amides is 4. The molecule has 1 fully saturated rings. The van der Waals surface area contributed by atoms with Crippen LogP contribution >= 0.6 is 0 Å². The highest BCUT2D eigenvalue weighted by Gasteiger charge is 2.43. The number of urea groups is 1. The Balaban J connectivity index is 1.79. The number of carbonyl (C=O) groups is 4. The molecule has 0 atom stereocenters. The highest BCUT2D eigenvalue weighted by atomic mass is 16.5. The van der Waals surface area contributed by atoms with Crippen LogP contribution in [0.4, 0.5) is 4.79 Å². The van der Waals surface area contributed by atoms with Crippen molar-refractivity contribution in [1.29, 1.82) is 0 Å². The molecule has 0 bridgehead atoms. The molecule has 1 aromatic carbocycles. The summed E-state index contributed by atoms with van der Waals surface area (Å²) in [6.45, 7) is 0.520. The van der Waals surface area contributed by atoms with E-state index in [1.165, 1.54) is 19.2 Å². The molecular weight excluding hydrogens is 304 g/mol. The number of fused-ring (bicyclic) bond motifs is 1. The molecule has 0 spiro atoms. The van der Waals surface area contributed by atoms with Crippen molar-refractivity contribution in [2.24, 2.45) is 0 Å². The number of carbonyl (C=O) groups excluding carboxylic acids is 4. The first kappa shape index (κ1) is 15.0. The maximum Gasteiger partial charge on any atom is 0.334 e. The second-order valence-corrected chi connectivity index (χ2v) is 5.17. The van der Waals surface area contributed by atoms with E-state index in [9.17, 15) is 19.2 Å². The van der Waals surface area contributed by atoms with Crippen molar-refractivity contribution in [3.63, 3.8) is 0 Å². The summed E-state index contributed by atoms with van der Waals surface area (Å²) in [5.74, 6) is -1.42. The lowest BCUT2D eigenvalue weighted by atomic mass is 10.1. The van der Waals surface area contributed by atoms with Crippen molar-refractivity contribution in [2.75, 3.05) is 26.8 Å². The molecular formula is C15H14N2O6. The quantitative estimate of drug-likeness (QED) is 0.456. The normalized spacial score (nSPS) is 17.5. The first-order valence-corrected chi connectivity index (χ1v) is 7.05. The fourth-order valence-corrected chi connectivity index (χ4v) is 2.32. The molecule has 0 radical (unpaired) electrons. The minimum Gasteiger partial charge on any atom is -0.490 e. The second kappa shape index (κ2) is 5.71. The number of hydrogen-bond acceptors (Lipinski definition) is 6. The third kappa shape index (κ3) is 2.63. The predicted octanol–water partition coefficient (Wildman–Crippen LogP) is 0.451. The van der Waals surface area contributed by atoms with Gasteiger partial charge in [0.25, 0.3) is 0 Å². The van der Waals surface area contributed by atoms with Gasteiger partial charge in [0, 0.05) is 19.0 Å². The number of rotatable bonds is 3. The van der Waals surface area contributed by atoms with Crippen molar-refractivity contribution in [3.8, 4) is 11.5 Å². The van der Waals surface area contributed by atoms with Crippen molar-refractivity contribution < 1.29 is 28.7 Å². The Kier molecular flexibility index (Phi) is 3.73. The smallest absolute Gasteiger partial charge is 0.334 e. The Hall–Kier alpha value is -2.90.